The van der Waals surface area contributed by atoms with Crippen LogP contribution in [0.2, 0.25) is 5.02 Å². The molecule has 0 aliphatic carbocycles. The van der Waals surface area contributed by atoms with Crippen LogP contribution in [0.25, 0.3) is 10.2 Å². The highest BCUT2D eigenvalue weighted by atomic mass is 35.5. The highest BCUT2D eigenvalue weighted by molar-refractivity contribution is 7.18. The Morgan fingerprint density at radius 1 is 1.43 bits per heavy atom. The van der Waals surface area contributed by atoms with Gasteiger partial charge in [-0.25, -0.2) is 4.98 Å². The Bertz CT molecular complexity index is 439. The largest absolute Gasteiger partial charge is 0.330 e. The van der Waals surface area contributed by atoms with Crippen molar-refractivity contribution in [1.82, 2.24) is 4.98 Å². The topological polar surface area (TPSA) is 38.9 Å². The van der Waals surface area contributed by atoms with E-state index in [-0.39, 0.29) is 0 Å². The van der Waals surface area contributed by atoms with E-state index < -0.39 is 0 Å². The molecule has 2 nitrogen and oxygen atoms in total. The molecule has 0 amide bonds. The minimum absolute atomic E-state index is 0.719. The molecule has 14 heavy (non-hydrogen) atoms. The highest BCUT2D eigenvalue weighted by Gasteiger charge is 2.03. The van der Waals surface area contributed by atoms with Crippen molar-refractivity contribution in [3.05, 3.63) is 28.2 Å². The average molecular weight is 227 g/mol. The Balaban J connectivity index is 2.32. The standard InChI is InChI=1S/C10H11ClN2S/c11-7-3-4-9-8(6-7)13-10(14-9)2-1-5-12/h3-4,6H,1-2,5,12H2. The zero-order chi connectivity index (χ0) is 9.97. The number of benzene rings is 1. The fourth-order valence-corrected chi connectivity index (χ4v) is 2.46. The number of nitrogens with two attached hydrogens (primary N) is 1. The van der Waals surface area contributed by atoms with Crippen LogP contribution < -0.4 is 5.73 Å². The van der Waals surface area contributed by atoms with Crippen molar-refractivity contribution in [2.75, 3.05) is 6.54 Å². The summed E-state index contributed by atoms with van der Waals surface area (Å²) in [4.78, 5) is 4.49. The lowest BCUT2D eigenvalue weighted by Crippen LogP contribution is -1.99. The van der Waals surface area contributed by atoms with E-state index in [9.17, 15) is 0 Å². The lowest BCUT2D eigenvalue weighted by atomic mass is 10.3. The number of fused-ring (bicyclic) bond motifs is 1. The maximum Gasteiger partial charge on any atom is 0.0939 e. The second kappa shape index (κ2) is 4.26. The first kappa shape index (κ1) is 9.90. The van der Waals surface area contributed by atoms with Crippen molar-refractivity contribution < 1.29 is 0 Å². The fourth-order valence-electron chi connectivity index (χ4n) is 1.31. The second-order valence-electron chi connectivity index (χ2n) is 3.11. The summed E-state index contributed by atoms with van der Waals surface area (Å²) in [5.74, 6) is 0. The van der Waals surface area contributed by atoms with Gasteiger partial charge in [0.1, 0.15) is 0 Å². The Morgan fingerprint density at radius 3 is 3.07 bits per heavy atom. The van der Waals surface area contributed by atoms with Crippen LogP contribution in [0.15, 0.2) is 18.2 Å². The van der Waals surface area contributed by atoms with Gasteiger partial charge in [-0.3, -0.25) is 0 Å². The van der Waals surface area contributed by atoms with E-state index in [2.05, 4.69) is 4.98 Å². The molecule has 0 spiro atoms. The summed E-state index contributed by atoms with van der Waals surface area (Å²) in [5, 5.41) is 1.89. The summed E-state index contributed by atoms with van der Waals surface area (Å²) in [6, 6.07) is 5.81. The molecule has 0 saturated carbocycles. The van der Waals surface area contributed by atoms with E-state index in [1.165, 1.54) is 4.70 Å². The summed E-state index contributed by atoms with van der Waals surface area (Å²) >= 11 is 7.60. The Morgan fingerprint density at radius 2 is 2.29 bits per heavy atom. The SMILES string of the molecule is NCCCc1nc2cc(Cl)ccc2s1. The molecule has 0 aliphatic rings. The van der Waals surface area contributed by atoms with Gasteiger partial charge in [-0.2, -0.15) is 0 Å². The smallest absolute Gasteiger partial charge is 0.0939 e. The van der Waals surface area contributed by atoms with Crippen molar-refractivity contribution in [3.63, 3.8) is 0 Å². The van der Waals surface area contributed by atoms with Crippen molar-refractivity contribution in [3.8, 4) is 0 Å². The number of nitrogens with zero attached hydrogens (tertiary/aromatic N) is 1. The summed E-state index contributed by atoms with van der Waals surface area (Å²) in [7, 11) is 0. The molecule has 2 rings (SSSR count). The molecule has 0 aliphatic heterocycles. The van der Waals surface area contributed by atoms with Gasteiger partial charge < -0.3 is 5.73 Å². The number of halogens is 1. The third kappa shape index (κ3) is 2.05. The van der Waals surface area contributed by atoms with Crippen LogP contribution in [-0.2, 0) is 6.42 Å². The first-order chi connectivity index (χ1) is 6.79. The van der Waals surface area contributed by atoms with E-state index in [0.717, 1.165) is 34.9 Å². The molecule has 74 valence electrons. The van der Waals surface area contributed by atoms with Gasteiger partial charge in [0.2, 0.25) is 0 Å². The van der Waals surface area contributed by atoms with Gasteiger partial charge in [0.05, 0.1) is 15.2 Å². The van der Waals surface area contributed by atoms with Crippen LogP contribution in [-0.4, -0.2) is 11.5 Å². The van der Waals surface area contributed by atoms with Gasteiger partial charge in [-0.15, -0.1) is 11.3 Å². The Labute approximate surface area is 91.7 Å². The quantitative estimate of drug-likeness (QED) is 0.874. The van der Waals surface area contributed by atoms with Gasteiger partial charge in [-0.05, 0) is 31.2 Å². The van der Waals surface area contributed by atoms with Crippen molar-refractivity contribution in [2.24, 2.45) is 5.73 Å². The molecular weight excluding hydrogens is 216 g/mol. The van der Waals surface area contributed by atoms with Crippen LogP contribution in [0.4, 0.5) is 0 Å². The van der Waals surface area contributed by atoms with Crippen LogP contribution >= 0.6 is 22.9 Å². The van der Waals surface area contributed by atoms with E-state index in [4.69, 9.17) is 17.3 Å². The van der Waals surface area contributed by atoms with Crippen LogP contribution in [0.1, 0.15) is 11.4 Å². The van der Waals surface area contributed by atoms with Crippen LogP contribution in [0, 0.1) is 0 Å². The molecule has 2 aromatic rings. The number of hydrogen-bond donors (Lipinski definition) is 1. The van der Waals surface area contributed by atoms with E-state index in [0.29, 0.717) is 0 Å². The molecular formula is C10H11ClN2S. The van der Waals surface area contributed by atoms with Gasteiger partial charge >= 0.3 is 0 Å². The van der Waals surface area contributed by atoms with E-state index >= 15 is 0 Å². The minimum atomic E-state index is 0.719. The molecule has 0 atom stereocenters. The monoisotopic (exact) mass is 226 g/mol. The number of thiazole rings is 1. The van der Waals surface area contributed by atoms with E-state index in [1.54, 1.807) is 11.3 Å². The van der Waals surface area contributed by atoms with Crippen LogP contribution in [0.5, 0.6) is 0 Å². The summed E-state index contributed by atoms with van der Waals surface area (Å²) in [6.07, 6.45) is 1.96. The number of aryl methyl sites for hydroxylation is 1. The first-order valence-electron chi connectivity index (χ1n) is 4.54. The van der Waals surface area contributed by atoms with E-state index in [1.807, 2.05) is 18.2 Å². The molecule has 1 aromatic carbocycles. The number of hydrogen-bond acceptors (Lipinski definition) is 3. The minimum Gasteiger partial charge on any atom is -0.330 e. The molecule has 1 aromatic heterocycles. The molecule has 4 heteroatoms. The van der Waals surface area contributed by atoms with Crippen molar-refractivity contribution in [2.45, 2.75) is 12.8 Å². The molecule has 0 bridgehead atoms. The molecule has 1 heterocycles. The summed E-state index contributed by atoms with van der Waals surface area (Å²) in [6.45, 7) is 0.719. The molecule has 0 radical (unpaired) electrons. The van der Waals surface area contributed by atoms with Gasteiger partial charge in [0.15, 0.2) is 0 Å². The third-order valence-electron chi connectivity index (χ3n) is 1.99. The predicted molar refractivity (Wildman–Crippen MR) is 62.0 cm³/mol. The van der Waals surface area contributed by atoms with Crippen molar-refractivity contribution in [1.29, 1.82) is 0 Å². The molecule has 0 unspecified atom stereocenters. The lowest BCUT2D eigenvalue weighted by molar-refractivity contribution is 0.828. The van der Waals surface area contributed by atoms with Gasteiger partial charge in [0, 0.05) is 11.4 Å². The van der Waals surface area contributed by atoms with Gasteiger partial charge in [-0.1, -0.05) is 11.6 Å². The molecule has 0 fully saturated rings. The lowest BCUT2D eigenvalue weighted by Gasteiger charge is -1.89. The van der Waals surface area contributed by atoms with Crippen molar-refractivity contribution >= 4 is 33.2 Å². The zero-order valence-corrected chi connectivity index (χ0v) is 9.24. The molecule has 2 N–H and O–H groups in total. The summed E-state index contributed by atoms with van der Waals surface area (Å²) in [5.41, 5.74) is 6.45. The highest BCUT2D eigenvalue weighted by Crippen LogP contribution is 2.25. The average Bonchev–Trinajstić information content (AvgIpc) is 2.56. The Kier molecular flexibility index (Phi) is 3.01. The maximum atomic E-state index is 5.88. The fraction of sp³-hybridized carbons (Fsp3) is 0.300. The van der Waals surface area contributed by atoms with Crippen LogP contribution in [0.3, 0.4) is 0 Å². The van der Waals surface area contributed by atoms with Gasteiger partial charge in [0.25, 0.3) is 0 Å². The molecule has 0 saturated heterocycles. The number of rotatable bonds is 3. The predicted octanol–water partition coefficient (Wildman–Crippen LogP) is 2.84. The first-order valence-corrected chi connectivity index (χ1v) is 5.74. The Hall–Kier alpha value is -0.640. The normalized spacial score (nSPS) is 11.0. The second-order valence-corrected chi connectivity index (χ2v) is 4.66. The zero-order valence-electron chi connectivity index (χ0n) is 7.66. The third-order valence-corrected chi connectivity index (χ3v) is 3.32. The maximum absolute atomic E-state index is 5.88. The number of aromatic nitrogens is 1. The summed E-state index contributed by atoms with van der Waals surface area (Å²) < 4.78 is 1.20.